The van der Waals surface area contributed by atoms with E-state index < -0.39 is 18.5 Å². The lowest BCUT2D eigenvalue weighted by molar-refractivity contribution is -0.149. The largest absolute Gasteiger partial charge is 0.482 e. The number of hydrogen-bond donors (Lipinski definition) is 1. The zero-order valence-electron chi connectivity index (χ0n) is 13.3. The highest BCUT2D eigenvalue weighted by Gasteiger charge is 2.12. The number of carbonyl (C=O) groups excluding carboxylic acids is 2. The van der Waals surface area contributed by atoms with Gasteiger partial charge in [-0.25, -0.2) is 4.79 Å². The quantitative estimate of drug-likeness (QED) is 0.814. The van der Waals surface area contributed by atoms with Crippen LogP contribution in [0.5, 0.6) is 5.75 Å². The number of ether oxygens (including phenoxy) is 2. The fourth-order valence-corrected chi connectivity index (χ4v) is 2.60. The van der Waals surface area contributed by atoms with E-state index in [1.807, 2.05) is 38.1 Å². The molecular formula is C17H16N2O4S. The Hall–Kier alpha value is -2.85. The summed E-state index contributed by atoms with van der Waals surface area (Å²) in [7, 11) is 0. The normalized spacial score (nSPS) is 9.88. The first kappa shape index (κ1) is 17.5. The van der Waals surface area contributed by atoms with Crippen LogP contribution in [0.25, 0.3) is 0 Å². The predicted molar refractivity (Wildman–Crippen MR) is 90.0 cm³/mol. The molecule has 0 aliphatic carbocycles. The van der Waals surface area contributed by atoms with E-state index in [0.717, 1.165) is 11.1 Å². The van der Waals surface area contributed by atoms with Crippen molar-refractivity contribution in [3.05, 3.63) is 46.3 Å². The number of hydrogen-bond acceptors (Lipinski definition) is 6. The van der Waals surface area contributed by atoms with Crippen LogP contribution in [-0.4, -0.2) is 25.1 Å². The molecule has 124 valence electrons. The van der Waals surface area contributed by atoms with E-state index in [4.69, 9.17) is 14.7 Å². The van der Waals surface area contributed by atoms with Crippen LogP contribution in [0.3, 0.4) is 0 Å². The number of nitrogens with zero attached hydrogens (tertiary/aromatic N) is 1. The van der Waals surface area contributed by atoms with Gasteiger partial charge < -0.3 is 14.8 Å². The number of carbonyl (C=O) groups is 2. The van der Waals surface area contributed by atoms with Crippen LogP contribution < -0.4 is 10.1 Å². The van der Waals surface area contributed by atoms with Crippen molar-refractivity contribution < 1.29 is 19.1 Å². The SMILES string of the molecule is Cc1ccc(C)c(OCC(=O)OCC(=O)Nc2sccc2C#N)c1. The summed E-state index contributed by atoms with van der Waals surface area (Å²) in [4.78, 5) is 23.4. The fraction of sp³-hybridized carbons (Fsp3) is 0.235. The third kappa shape index (κ3) is 4.83. The predicted octanol–water partition coefficient (Wildman–Crippen LogP) is 2.80. The molecular weight excluding hydrogens is 328 g/mol. The fourth-order valence-electron chi connectivity index (χ4n) is 1.84. The first-order chi connectivity index (χ1) is 11.5. The molecule has 2 rings (SSSR count). The highest BCUT2D eigenvalue weighted by Crippen LogP contribution is 2.22. The zero-order valence-corrected chi connectivity index (χ0v) is 14.1. The Morgan fingerprint density at radius 2 is 2.04 bits per heavy atom. The van der Waals surface area contributed by atoms with Crippen molar-refractivity contribution in [1.29, 1.82) is 5.26 Å². The molecule has 7 heteroatoms. The van der Waals surface area contributed by atoms with E-state index in [9.17, 15) is 9.59 Å². The lowest BCUT2D eigenvalue weighted by Crippen LogP contribution is -2.23. The molecule has 1 amide bonds. The minimum absolute atomic E-state index is 0.278. The summed E-state index contributed by atoms with van der Waals surface area (Å²) >= 11 is 1.23. The van der Waals surface area contributed by atoms with E-state index in [1.165, 1.54) is 11.3 Å². The maximum atomic E-state index is 11.7. The Morgan fingerprint density at radius 3 is 2.79 bits per heavy atom. The molecule has 1 heterocycles. The van der Waals surface area contributed by atoms with Crippen molar-refractivity contribution in [3.63, 3.8) is 0 Å². The van der Waals surface area contributed by atoms with E-state index in [1.54, 1.807) is 11.4 Å². The Kier molecular flexibility index (Phi) is 5.93. The van der Waals surface area contributed by atoms with Crippen molar-refractivity contribution in [1.82, 2.24) is 0 Å². The molecule has 0 aliphatic heterocycles. The van der Waals surface area contributed by atoms with Gasteiger partial charge in [-0.05, 0) is 42.5 Å². The number of esters is 1. The molecule has 1 aromatic heterocycles. The molecule has 0 saturated heterocycles. The first-order valence-corrected chi connectivity index (χ1v) is 8.00. The molecule has 0 bridgehead atoms. The van der Waals surface area contributed by atoms with E-state index in [2.05, 4.69) is 5.32 Å². The third-order valence-electron chi connectivity index (χ3n) is 3.09. The number of nitrogens with one attached hydrogen (secondary N) is 1. The molecule has 6 nitrogen and oxygen atoms in total. The van der Waals surface area contributed by atoms with Crippen molar-refractivity contribution in [2.75, 3.05) is 18.5 Å². The van der Waals surface area contributed by atoms with Crippen molar-refractivity contribution in [2.24, 2.45) is 0 Å². The molecule has 1 N–H and O–H groups in total. The van der Waals surface area contributed by atoms with Gasteiger partial charge in [-0.2, -0.15) is 5.26 Å². The number of aryl methyl sites for hydroxylation is 2. The van der Waals surface area contributed by atoms with E-state index >= 15 is 0 Å². The van der Waals surface area contributed by atoms with Gasteiger partial charge in [-0.1, -0.05) is 12.1 Å². The summed E-state index contributed by atoms with van der Waals surface area (Å²) in [5.41, 5.74) is 2.30. The Bertz CT molecular complexity index is 792. The van der Waals surface area contributed by atoms with Crippen LogP contribution >= 0.6 is 11.3 Å². The van der Waals surface area contributed by atoms with Gasteiger partial charge in [0.2, 0.25) is 0 Å². The molecule has 0 radical (unpaired) electrons. The minimum atomic E-state index is -0.641. The smallest absolute Gasteiger partial charge is 0.344 e. The average Bonchev–Trinajstić information content (AvgIpc) is 3.00. The Labute approximate surface area is 143 Å². The van der Waals surface area contributed by atoms with E-state index in [0.29, 0.717) is 16.3 Å². The monoisotopic (exact) mass is 344 g/mol. The highest BCUT2D eigenvalue weighted by atomic mass is 32.1. The Balaban J connectivity index is 1.78. The molecule has 0 aliphatic rings. The highest BCUT2D eigenvalue weighted by molar-refractivity contribution is 7.14. The summed E-state index contributed by atoms with van der Waals surface area (Å²) in [6.45, 7) is 3.09. The van der Waals surface area contributed by atoms with Crippen molar-refractivity contribution >= 4 is 28.2 Å². The first-order valence-electron chi connectivity index (χ1n) is 7.12. The third-order valence-corrected chi connectivity index (χ3v) is 3.92. The number of amides is 1. The molecule has 1 aromatic carbocycles. The van der Waals surface area contributed by atoms with Crippen molar-refractivity contribution in [2.45, 2.75) is 13.8 Å². The number of benzene rings is 1. The minimum Gasteiger partial charge on any atom is -0.482 e. The number of anilines is 1. The van der Waals surface area contributed by atoms with Crippen LogP contribution in [0.1, 0.15) is 16.7 Å². The van der Waals surface area contributed by atoms with Crippen LogP contribution in [-0.2, 0) is 14.3 Å². The molecule has 0 spiro atoms. The van der Waals surface area contributed by atoms with Gasteiger partial charge in [0.15, 0.2) is 13.2 Å². The topological polar surface area (TPSA) is 88.4 Å². The molecule has 0 fully saturated rings. The zero-order chi connectivity index (χ0) is 17.5. The lowest BCUT2D eigenvalue weighted by Gasteiger charge is -2.10. The van der Waals surface area contributed by atoms with Gasteiger partial charge in [0, 0.05) is 0 Å². The summed E-state index contributed by atoms with van der Waals surface area (Å²) in [6.07, 6.45) is 0. The molecule has 0 saturated carbocycles. The average molecular weight is 344 g/mol. The summed E-state index contributed by atoms with van der Waals surface area (Å²) in [6, 6.07) is 9.24. The van der Waals surface area contributed by atoms with Gasteiger partial charge in [0.05, 0.1) is 5.56 Å². The summed E-state index contributed by atoms with van der Waals surface area (Å²) < 4.78 is 10.3. The van der Waals surface area contributed by atoms with Crippen LogP contribution in [0.2, 0.25) is 0 Å². The summed E-state index contributed by atoms with van der Waals surface area (Å²) in [5.74, 6) is -0.541. The summed E-state index contributed by atoms with van der Waals surface area (Å²) in [5, 5.41) is 13.5. The maximum absolute atomic E-state index is 11.7. The number of thiophene rings is 1. The second kappa shape index (κ2) is 8.13. The van der Waals surface area contributed by atoms with Gasteiger partial charge >= 0.3 is 5.97 Å². The van der Waals surface area contributed by atoms with Crippen LogP contribution in [0.15, 0.2) is 29.6 Å². The van der Waals surface area contributed by atoms with Gasteiger partial charge in [-0.3, -0.25) is 4.79 Å². The lowest BCUT2D eigenvalue weighted by atomic mass is 10.1. The second-order valence-electron chi connectivity index (χ2n) is 5.04. The van der Waals surface area contributed by atoms with E-state index in [-0.39, 0.29) is 6.61 Å². The van der Waals surface area contributed by atoms with Gasteiger partial charge in [-0.15, -0.1) is 11.3 Å². The van der Waals surface area contributed by atoms with Gasteiger partial charge in [0.1, 0.15) is 16.8 Å². The Morgan fingerprint density at radius 1 is 1.25 bits per heavy atom. The molecule has 2 aromatic rings. The molecule has 24 heavy (non-hydrogen) atoms. The standard InChI is InChI=1S/C17H16N2O4S/c1-11-3-4-12(2)14(7-11)22-10-16(21)23-9-15(20)19-17-13(8-18)5-6-24-17/h3-7H,9-10H2,1-2H3,(H,19,20). The number of rotatable bonds is 6. The van der Waals surface area contributed by atoms with Gasteiger partial charge in [0.25, 0.3) is 5.91 Å². The maximum Gasteiger partial charge on any atom is 0.344 e. The second-order valence-corrected chi connectivity index (χ2v) is 5.96. The van der Waals surface area contributed by atoms with Crippen molar-refractivity contribution in [3.8, 4) is 11.8 Å². The molecule has 0 unspecified atom stereocenters. The number of nitriles is 1. The van der Waals surface area contributed by atoms with Crippen LogP contribution in [0.4, 0.5) is 5.00 Å². The molecule has 0 atom stereocenters. The van der Waals surface area contributed by atoms with Crippen LogP contribution in [0, 0.1) is 25.2 Å².